The Morgan fingerprint density at radius 1 is 1.09 bits per heavy atom. The van der Waals surface area contributed by atoms with Crippen LogP contribution in [0.15, 0.2) is 53.7 Å². The molecule has 1 aromatic heterocycles. The number of nitrogens with one attached hydrogen (secondary N) is 1. The number of piperidine rings is 1. The molecular weight excluding hydrogens is 436 g/mol. The normalized spacial score (nSPS) is 18.4. The van der Waals surface area contributed by atoms with Crippen LogP contribution in [0.25, 0.3) is 5.69 Å². The maximum Gasteiger partial charge on any atom is 0.243 e. The number of aromatic nitrogens is 4. The standard InChI is InChI=1S/C20H20N6O5S/c27-20(22-15-3-8-18-19(10-15)31-13-30-18)14-2-1-9-25(11-14)32(28,29)17-6-4-16(5-7-17)26-12-21-23-24-26/h3-8,10,12,14H,1-2,9,11,13H2,(H,22,27). The Morgan fingerprint density at radius 2 is 1.91 bits per heavy atom. The van der Waals surface area contributed by atoms with Crippen LogP contribution in [0.2, 0.25) is 0 Å². The molecule has 3 aromatic rings. The first-order chi connectivity index (χ1) is 15.5. The van der Waals surface area contributed by atoms with Gasteiger partial charge in [0.15, 0.2) is 11.5 Å². The predicted molar refractivity (Wildman–Crippen MR) is 112 cm³/mol. The van der Waals surface area contributed by atoms with E-state index in [1.54, 1.807) is 30.3 Å². The van der Waals surface area contributed by atoms with Crippen LogP contribution in [0.3, 0.4) is 0 Å². The van der Waals surface area contributed by atoms with Gasteiger partial charge in [0, 0.05) is 24.8 Å². The van der Waals surface area contributed by atoms with Gasteiger partial charge in [-0.3, -0.25) is 4.79 Å². The Bertz CT molecular complexity index is 1230. The number of anilines is 1. The van der Waals surface area contributed by atoms with Crippen LogP contribution >= 0.6 is 0 Å². The first kappa shape index (κ1) is 20.4. The summed E-state index contributed by atoms with van der Waals surface area (Å²) in [6.07, 6.45) is 2.64. The molecule has 32 heavy (non-hydrogen) atoms. The zero-order chi connectivity index (χ0) is 22.1. The fourth-order valence-corrected chi connectivity index (χ4v) is 5.32. The van der Waals surface area contributed by atoms with Gasteiger partial charge in [-0.2, -0.15) is 4.31 Å². The largest absolute Gasteiger partial charge is 0.454 e. The average molecular weight is 456 g/mol. The van der Waals surface area contributed by atoms with Crippen LogP contribution in [0.5, 0.6) is 11.5 Å². The minimum Gasteiger partial charge on any atom is -0.454 e. The number of benzene rings is 2. The smallest absolute Gasteiger partial charge is 0.243 e. The Balaban J connectivity index is 1.28. The SMILES string of the molecule is O=C(Nc1ccc2c(c1)OCO2)C1CCCN(S(=O)(=O)c2ccc(-n3cnnn3)cc2)C1. The summed E-state index contributed by atoms with van der Waals surface area (Å²) in [5.74, 6) is 0.520. The van der Waals surface area contributed by atoms with E-state index in [-0.39, 0.29) is 24.1 Å². The van der Waals surface area contributed by atoms with E-state index in [0.29, 0.717) is 42.3 Å². The summed E-state index contributed by atoms with van der Waals surface area (Å²) in [5, 5.41) is 13.8. The Morgan fingerprint density at radius 3 is 2.69 bits per heavy atom. The summed E-state index contributed by atoms with van der Waals surface area (Å²) in [5.41, 5.74) is 1.23. The summed E-state index contributed by atoms with van der Waals surface area (Å²) in [6, 6.07) is 11.5. The van der Waals surface area contributed by atoms with Crippen LogP contribution in [-0.2, 0) is 14.8 Å². The predicted octanol–water partition coefficient (Wildman–Crippen LogP) is 1.43. The Kier molecular flexibility index (Phi) is 5.23. The molecule has 12 heteroatoms. The lowest BCUT2D eigenvalue weighted by Crippen LogP contribution is -2.43. The summed E-state index contributed by atoms with van der Waals surface area (Å²) in [7, 11) is -3.74. The lowest BCUT2D eigenvalue weighted by molar-refractivity contribution is -0.120. The van der Waals surface area contributed by atoms with E-state index in [2.05, 4.69) is 20.8 Å². The second-order valence-electron chi connectivity index (χ2n) is 7.51. The molecule has 5 rings (SSSR count). The Labute approximate surface area is 184 Å². The van der Waals surface area contributed by atoms with E-state index in [9.17, 15) is 13.2 Å². The first-order valence-electron chi connectivity index (χ1n) is 10.0. The van der Waals surface area contributed by atoms with Gasteiger partial charge in [-0.05, 0) is 59.7 Å². The highest BCUT2D eigenvalue weighted by Crippen LogP contribution is 2.34. The molecule has 2 aliphatic rings. The quantitative estimate of drug-likeness (QED) is 0.611. The van der Waals surface area contributed by atoms with E-state index in [1.165, 1.54) is 27.4 Å². The maximum absolute atomic E-state index is 13.2. The van der Waals surface area contributed by atoms with Gasteiger partial charge in [0.2, 0.25) is 22.7 Å². The molecule has 1 N–H and O–H groups in total. The number of ether oxygens (including phenoxy) is 2. The van der Waals surface area contributed by atoms with Crippen molar-refractivity contribution >= 4 is 21.6 Å². The van der Waals surface area contributed by atoms with Crippen LogP contribution in [0, 0.1) is 5.92 Å². The number of rotatable bonds is 5. The van der Waals surface area contributed by atoms with Crippen molar-refractivity contribution in [2.45, 2.75) is 17.7 Å². The molecule has 0 saturated carbocycles. The number of carbonyl (C=O) groups is 1. The molecule has 0 bridgehead atoms. The summed E-state index contributed by atoms with van der Waals surface area (Å²) < 4.78 is 39.7. The molecule has 1 unspecified atom stereocenters. The van der Waals surface area contributed by atoms with Crippen molar-refractivity contribution in [2.24, 2.45) is 5.92 Å². The third-order valence-electron chi connectivity index (χ3n) is 5.48. The van der Waals surface area contributed by atoms with Crippen molar-refractivity contribution in [3.05, 3.63) is 48.8 Å². The number of carbonyl (C=O) groups excluding carboxylic acids is 1. The number of hydrogen-bond acceptors (Lipinski definition) is 8. The highest BCUT2D eigenvalue weighted by atomic mass is 32.2. The van der Waals surface area contributed by atoms with E-state index >= 15 is 0 Å². The highest BCUT2D eigenvalue weighted by Gasteiger charge is 2.33. The summed E-state index contributed by atoms with van der Waals surface area (Å²) in [4.78, 5) is 13.0. The summed E-state index contributed by atoms with van der Waals surface area (Å²) in [6.45, 7) is 0.636. The molecule has 1 saturated heterocycles. The minimum absolute atomic E-state index is 0.119. The molecule has 0 aliphatic carbocycles. The van der Waals surface area contributed by atoms with Crippen molar-refractivity contribution in [3.63, 3.8) is 0 Å². The summed E-state index contributed by atoms with van der Waals surface area (Å²) >= 11 is 0. The molecule has 0 spiro atoms. The average Bonchev–Trinajstić information content (AvgIpc) is 3.51. The molecule has 166 valence electrons. The molecule has 11 nitrogen and oxygen atoms in total. The van der Waals surface area contributed by atoms with E-state index in [1.807, 2.05) is 0 Å². The number of hydrogen-bond donors (Lipinski definition) is 1. The molecule has 0 radical (unpaired) electrons. The molecule has 3 heterocycles. The van der Waals surface area contributed by atoms with Gasteiger partial charge < -0.3 is 14.8 Å². The van der Waals surface area contributed by atoms with Gasteiger partial charge in [0.1, 0.15) is 6.33 Å². The second kappa shape index (κ2) is 8.20. The number of tetrazole rings is 1. The first-order valence-corrected chi connectivity index (χ1v) is 11.5. The molecule has 2 aliphatic heterocycles. The zero-order valence-electron chi connectivity index (χ0n) is 16.9. The molecule has 2 aromatic carbocycles. The number of fused-ring (bicyclic) bond motifs is 1. The Hall–Kier alpha value is -3.51. The highest BCUT2D eigenvalue weighted by molar-refractivity contribution is 7.89. The molecule has 1 fully saturated rings. The number of nitrogens with zero attached hydrogens (tertiary/aromatic N) is 5. The van der Waals surface area contributed by atoms with Crippen molar-refractivity contribution in [3.8, 4) is 17.2 Å². The van der Waals surface area contributed by atoms with Gasteiger partial charge in [-0.25, -0.2) is 13.1 Å². The van der Waals surface area contributed by atoms with Crippen molar-refractivity contribution < 1.29 is 22.7 Å². The topological polar surface area (TPSA) is 129 Å². The molecule has 1 amide bonds. The third-order valence-corrected chi connectivity index (χ3v) is 7.36. The second-order valence-corrected chi connectivity index (χ2v) is 9.45. The fraction of sp³-hybridized carbons (Fsp3) is 0.300. The van der Waals surface area contributed by atoms with E-state index < -0.39 is 15.9 Å². The van der Waals surface area contributed by atoms with Crippen LogP contribution in [0.1, 0.15) is 12.8 Å². The van der Waals surface area contributed by atoms with Gasteiger partial charge >= 0.3 is 0 Å². The molecule has 1 atom stereocenters. The van der Waals surface area contributed by atoms with Crippen LogP contribution in [-0.4, -0.2) is 58.7 Å². The van der Waals surface area contributed by atoms with Crippen LogP contribution in [0.4, 0.5) is 5.69 Å². The lowest BCUT2D eigenvalue weighted by Gasteiger charge is -2.31. The number of sulfonamides is 1. The van der Waals surface area contributed by atoms with Crippen molar-refractivity contribution in [2.75, 3.05) is 25.2 Å². The van der Waals surface area contributed by atoms with Gasteiger partial charge in [-0.15, -0.1) is 5.10 Å². The van der Waals surface area contributed by atoms with Crippen molar-refractivity contribution in [1.29, 1.82) is 0 Å². The van der Waals surface area contributed by atoms with E-state index in [0.717, 1.165) is 0 Å². The monoisotopic (exact) mass is 456 g/mol. The maximum atomic E-state index is 13.2. The fourth-order valence-electron chi connectivity index (χ4n) is 3.79. The zero-order valence-corrected chi connectivity index (χ0v) is 17.7. The van der Waals surface area contributed by atoms with Gasteiger partial charge in [0.25, 0.3) is 0 Å². The van der Waals surface area contributed by atoms with Crippen molar-refractivity contribution in [1.82, 2.24) is 24.5 Å². The van der Waals surface area contributed by atoms with Gasteiger partial charge in [-0.1, -0.05) is 0 Å². The van der Waals surface area contributed by atoms with E-state index in [4.69, 9.17) is 9.47 Å². The number of amides is 1. The van der Waals surface area contributed by atoms with Gasteiger partial charge in [0.05, 0.1) is 16.5 Å². The van der Waals surface area contributed by atoms with Crippen LogP contribution < -0.4 is 14.8 Å². The molecular formula is C20H20N6O5S. The minimum atomic E-state index is -3.74. The lowest BCUT2D eigenvalue weighted by atomic mass is 9.98. The third kappa shape index (κ3) is 3.89.